The van der Waals surface area contributed by atoms with Crippen LogP contribution < -0.4 is 11.7 Å². The van der Waals surface area contributed by atoms with Crippen LogP contribution in [0.25, 0.3) is 0 Å². The summed E-state index contributed by atoms with van der Waals surface area (Å²) in [7, 11) is 0. The van der Waals surface area contributed by atoms with E-state index in [-0.39, 0.29) is 0 Å². The lowest BCUT2D eigenvalue weighted by Crippen LogP contribution is -2.52. The van der Waals surface area contributed by atoms with Gasteiger partial charge < -0.3 is 0 Å². The molecule has 2 atom stereocenters. The summed E-state index contributed by atoms with van der Waals surface area (Å²) in [5.41, 5.74) is 0. The van der Waals surface area contributed by atoms with Crippen LogP contribution >= 0.6 is 0 Å². The van der Waals surface area contributed by atoms with Crippen molar-refractivity contribution in [3.05, 3.63) is 0 Å². The van der Waals surface area contributed by atoms with Gasteiger partial charge in [-0.3, -0.25) is 11.7 Å². The molecule has 70 valence electrons. The molecule has 0 aromatic rings. The van der Waals surface area contributed by atoms with Gasteiger partial charge in [0.05, 0.1) is 0 Å². The molecule has 0 aromatic carbocycles. The fourth-order valence-corrected chi connectivity index (χ4v) is 2.40. The molecule has 0 spiro atoms. The Morgan fingerprint density at radius 2 is 1.25 bits per heavy atom. The average Bonchev–Trinajstić information content (AvgIpc) is 2.05. The minimum absolute atomic E-state index is 0.795. The molecule has 2 rings (SSSR count). The van der Waals surface area contributed by atoms with Crippen LogP contribution in [-0.2, 0) is 0 Å². The molecule has 2 unspecified atom stereocenters. The number of rotatable bonds is 0. The van der Waals surface area contributed by atoms with Crippen molar-refractivity contribution < 1.29 is 0 Å². The number of nitrogens with zero attached hydrogens (tertiary/aromatic N) is 2. The van der Waals surface area contributed by atoms with Gasteiger partial charge in [0.2, 0.25) is 0 Å². The molecule has 12 heavy (non-hydrogen) atoms. The summed E-state index contributed by atoms with van der Waals surface area (Å²) in [4.78, 5) is 0. The molecule has 0 aromatic heterocycles. The highest BCUT2D eigenvalue weighted by Gasteiger charge is 2.32. The SMILES string of the molecule is NN1CCC2CN(N)CCC2C1. The van der Waals surface area contributed by atoms with E-state index in [0.717, 1.165) is 38.0 Å². The summed E-state index contributed by atoms with van der Waals surface area (Å²) in [6, 6.07) is 0. The Balaban J connectivity index is 1.94. The van der Waals surface area contributed by atoms with Gasteiger partial charge in [-0.1, -0.05) is 0 Å². The van der Waals surface area contributed by atoms with Crippen molar-refractivity contribution in [1.29, 1.82) is 0 Å². The number of hydrogen-bond donors (Lipinski definition) is 2. The van der Waals surface area contributed by atoms with Gasteiger partial charge in [-0.15, -0.1) is 0 Å². The van der Waals surface area contributed by atoms with Crippen LogP contribution in [0.1, 0.15) is 12.8 Å². The predicted molar refractivity (Wildman–Crippen MR) is 47.7 cm³/mol. The highest BCUT2D eigenvalue weighted by molar-refractivity contribution is 4.83. The van der Waals surface area contributed by atoms with Crippen molar-refractivity contribution >= 4 is 0 Å². The predicted octanol–water partition coefficient (Wildman–Crippen LogP) is -0.622. The zero-order chi connectivity index (χ0) is 8.55. The Morgan fingerprint density at radius 1 is 0.833 bits per heavy atom. The summed E-state index contributed by atoms with van der Waals surface area (Å²) in [5, 5.41) is 3.90. The van der Waals surface area contributed by atoms with E-state index < -0.39 is 0 Å². The first-order valence-corrected chi connectivity index (χ1v) is 4.75. The van der Waals surface area contributed by atoms with E-state index in [4.69, 9.17) is 11.7 Å². The van der Waals surface area contributed by atoms with Crippen LogP contribution in [-0.4, -0.2) is 36.2 Å². The lowest BCUT2D eigenvalue weighted by molar-refractivity contribution is 0.0426. The highest BCUT2D eigenvalue weighted by atomic mass is 15.4. The molecule has 4 nitrogen and oxygen atoms in total. The monoisotopic (exact) mass is 170 g/mol. The topological polar surface area (TPSA) is 58.5 Å². The van der Waals surface area contributed by atoms with Crippen molar-refractivity contribution in [2.45, 2.75) is 12.8 Å². The second kappa shape index (κ2) is 3.30. The summed E-state index contributed by atoms with van der Waals surface area (Å²) in [5.74, 6) is 13.1. The van der Waals surface area contributed by atoms with Crippen LogP contribution in [0.4, 0.5) is 0 Å². The molecule has 2 aliphatic heterocycles. The average molecular weight is 170 g/mol. The maximum absolute atomic E-state index is 5.76. The molecule has 4 heteroatoms. The minimum Gasteiger partial charge on any atom is -0.269 e. The molecular weight excluding hydrogens is 152 g/mol. The number of hydrazine groups is 2. The van der Waals surface area contributed by atoms with Gasteiger partial charge in [-0.2, -0.15) is 0 Å². The van der Waals surface area contributed by atoms with Gasteiger partial charge in [0.25, 0.3) is 0 Å². The second-order valence-corrected chi connectivity index (χ2v) is 4.09. The Morgan fingerprint density at radius 3 is 1.67 bits per heavy atom. The van der Waals surface area contributed by atoms with Gasteiger partial charge in [0.15, 0.2) is 0 Å². The lowest BCUT2D eigenvalue weighted by Gasteiger charge is -2.42. The molecule has 0 radical (unpaired) electrons. The molecule has 2 aliphatic rings. The van der Waals surface area contributed by atoms with Gasteiger partial charge in [-0.25, -0.2) is 10.0 Å². The van der Waals surface area contributed by atoms with Crippen molar-refractivity contribution in [3.8, 4) is 0 Å². The van der Waals surface area contributed by atoms with E-state index >= 15 is 0 Å². The molecule has 0 aliphatic carbocycles. The molecule has 2 heterocycles. The Labute approximate surface area is 73.4 Å². The Hall–Kier alpha value is -0.160. The smallest absolute Gasteiger partial charge is 0.0160 e. The fraction of sp³-hybridized carbons (Fsp3) is 1.00. The number of piperidine rings is 2. The van der Waals surface area contributed by atoms with Crippen molar-refractivity contribution in [2.75, 3.05) is 26.2 Å². The third kappa shape index (κ3) is 1.61. The fourth-order valence-electron chi connectivity index (χ4n) is 2.40. The van der Waals surface area contributed by atoms with Gasteiger partial charge in [0.1, 0.15) is 0 Å². The first kappa shape index (κ1) is 8.44. The van der Waals surface area contributed by atoms with Gasteiger partial charge in [-0.05, 0) is 24.7 Å². The highest BCUT2D eigenvalue weighted by Crippen LogP contribution is 2.28. The normalized spacial score (nSPS) is 39.5. The van der Waals surface area contributed by atoms with Crippen molar-refractivity contribution in [1.82, 2.24) is 10.0 Å². The quantitative estimate of drug-likeness (QED) is 0.476. The summed E-state index contributed by atoms with van der Waals surface area (Å²) in [6.45, 7) is 4.21. The van der Waals surface area contributed by atoms with Gasteiger partial charge in [0, 0.05) is 26.2 Å². The Kier molecular flexibility index (Phi) is 2.32. The zero-order valence-corrected chi connectivity index (χ0v) is 7.45. The molecular formula is C8H18N4. The van der Waals surface area contributed by atoms with Crippen molar-refractivity contribution in [2.24, 2.45) is 23.5 Å². The van der Waals surface area contributed by atoms with Crippen molar-refractivity contribution in [3.63, 3.8) is 0 Å². The van der Waals surface area contributed by atoms with E-state index in [1.165, 1.54) is 12.8 Å². The van der Waals surface area contributed by atoms with Crippen LogP contribution in [0.5, 0.6) is 0 Å². The lowest BCUT2D eigenvalue weighted by atomic mass is 9.81. The van der Waals surface area contributed by atoms with E-state index in [1.807, 2.05) is 10.0 Å². The number of hydrogen-bond acceptors (Lipinski definition) is 4. The first-order valence-electron chi connectivity index (χ1n) is 4.75. The molecule has 0 bridgehead atoms. The van der Waals surface area contributed by atoms with E-state index in [2.05, 4.69) is 0 Å². The van der Waals surface area contributed by atoms with Gasteiger partial charge >= 0.3 is 0 Å². The summed E-state index contributed by atoms with van der Waals surface area (Å²) in [6.07, 6.45) is 2.43. The van der Waals surface area contributed by atoms with Crippen LogP contribution in [0.15, 0.2) is 0 Å². The molecule has 0 amide bonds. The standard InChI is InChI=1S/C8H18N4/c9-11-3-1-7-5-12(10)4-2-8(7)6-11/h7-8H,1-6,9-10H2. The maximum atomic E-state index is 5.76. The number of nitrogens with two attached hydrogens (primary N) is 2. The summed E-state index contributed by atoms with van der Waals surface area (Å²) < 4.78 is 0. The van der Waals surface area contributed by atoms with E-state index in [1.54, 1.807) is 0 Å². The Bertz CT molecular complexity index is 143. The third-order valence-corrected chi connectivity index (χ3v) is 3.18. The third-order valence-electron chi connectivity index (χ3n) is 3.18. The largest absolute Gasteiger partial charge is 0.269 e. The summed E-state index contributed by atoms with van der Waals surface area (Å²) >= 11 is 0. The molecule has 0 saturated carbocycles. The van der Waals surface area contributed by atoms with Crippen LogP contribution in [0.3, 0.4) is 0 Å². The number of fused-ring (bicyclic) bond motifs is 1. The van der Waals surface area contributed by atoms with Crippen LogP contribution in [0, 0.1) is 11.8 Å². The minimum atomic E-state index is 0.795. The van der Waals surface area contributed by atoms with E-state index in [9.17, 15) is 0 Å². The maximum Gasteiger partial charge on any atom is 0.0160 e. The first-order chi connectivity index (χ1) is 5.75. The van der Waals surface area contributed by atoms with Crippen LogP contribution in [0.2, 0.25) is 0 Å². The van der Waals surface area contributed by atoms with E-state index in [0.29, 0.717) is 0 Å². The molecule has 4 N–H and O–H groups in total. The second-order valence-electron chi connectivity index (χ2n) is 4.09. The molecule has 2 fully saturated rings. The molecule has 2 saturated heterocycles. The zero-order valence-electron chi connectivity index (χ0n) is 7.45.